The minimum Gasteiger partial charge on any atom is -0.375 e. The lowest BCUT2D eigenvalue weighted by molar-refractivity contribution is -0.115. The number of nitrogen functional groups attached to an aromatic ring is 1. The Balaban J connectivity index is 1.19. The van der Waals surface area contributed by atoms with Gasteiger partial charge in [0.25, 0.3) is 0 Å². The number of nitrogens with zero attached hydrogens (tertiary/aromatic N) is 3. The highest BCUT2D eigenvalue weighted by molar-refractivity contribution is 7.15. The molecule has 0 aliphatic heterocycles. The quantitative estimate of drug-likeness (QED) is 0.464. The minimum absolute atomic E-state index is 0.235. The van der Waals surface area contributed by atoms with E-state index in [4.69, 9.17) is 5.73 Å². The van der Waals surface area contributed by atoms with Gasteiger partial charge < -0.3 is 10.6 Å². The van der Waals surface area contributed by atoms with Crippen LogP contribution in [0.15, 0.2) is 30.5 Å². The van der Waals surface area contributed by atoms with E-state index in [9.17, 15) is 4.79 Å². The monoisotopic (exact) mass is 466 g/mol. The Hall–Kier alpha value is -2.05. The molecule has 5 nitrogen and oxygen atoms in total. The fourth-order valence-electron chi connectivity index (χ4n) is 5.53. The molecule has 0 spiro atoms. The molecule has 2 N–H and O–H groups in total. The molecule has 0 saturated heterocycles. The average Bonchev–Trinajstić information content (AvgIpc) is 3.21. The first-order chi connectivity index (χ1) is 16.1. The largest absolute Gasteiger partial charge is 0.375 e. The van der Waals surface area contributed by atoms with E-state index in [2.05, 4.69) is 21.8 Å². The second-order valence-electron chi connectivity index (χ2n) is 9.79. The molecule has 2 aliphatic carbocycles. The van der Waals surface area contributed by atoms with Gasteiger partial charge in [-0.15, -0.1) is 11.3 Å². The van der Waals surface area contributed by atoms with Gasteiger partial charge in [-0.2, -0.15) is 0 Å². The van der Waals surface area contributed by atoms with Gasteiger partial charge in [-0.3, -0.25) is 9.78 Å². The van der Waals surface area contributed by atoms with Crippen molar-refractivity contribution < 1.29 is 4.79 Å². The molecule has 0 bridgehead atoms. The fourth-order valence-corrected chi connectivity index (χ4v) is 6.48. The van der Waals surface area contributed by atoms with Crippen LogP contribution in [-0.4, -0.2) is 39.8 Å². The van der Waals surface area contributed by atoms with Crippen molar-refractivity contribution >= 4 is 28.3 Å². The lowest BCUT2D eigenvalue weighted by Gasteiger charge is -2.36. The second-order valence-corrected chi connectivity index (χ2v) is 10.9. The summed E-state index contributed by atoms with van der Waals surface area (Å²) in [6.07, 6.45) is 16.8. The maximum absolute atomic E-state index is 12.4. The molecule has 0 unspecified atom stereocenters. The van der Waals surface area contributed by atoms with Crippen molar-refractivity contribution in [1.29, 1.82) is 0 Å². The van der Waals surface area contributed by atoms with E-state index < -0.39 is 0 Å². The van der Waals surface area contributed by atoms with Crippen molar-refractivity contribution in [3.8, 4) is 0 Å². The van der Waals surface area contributed by atoms with Gasteiger partial charge in [-0.25, -0.2) is 4.98 Å². The van der Waals surface area contributed by atoms with Gasteiger partial charge in [0.15, 0.2) is 10.9 Å². The molecule has 2 aromatic rings. The molecular weight excluding hydrogens is 428 g/mol. The fraction of sp³-hybridized carbons (Fsp3) is 0.593. The summed E-state index contributed by atoms with van der Waals surface area (Å²) in [5.41, 5.74) is 8.04. The van der Waals surface area contributed by atoms with Crippen LogP contribution in [-0.2, 0) is 17.6 Å². The highest BCUT2D eigenvalue weighted by atomic mass is 32.1. The second kappa shape index (κ2) is 11.9. The molecule has 0 radical (unpaired) electrons. The standard InChI is InChI=1S/C27H38N4OS/c1-2-16-31(23-11-13-25-26(19-23)33-27(28)30-25)17-14-20-6-8-21(9-7-20)18-24(32)12-10-22-5-3-4-15-29-22/h3-5,10,12,15,20-21,23H,2,6-9,11,13-14,16-19H2,1H3,(H2,28,30)/b12-10+/t20?,21?,23-/m0/s1. The van der Waals surface area contributed by atoms with Crippen molar-refractivity contribution in [2.45, 2.75) is 77.2 Å². The zero-order chi connectivity index (χ0) is 23.0. The van der Waals surface area contributed by atoms with Gasteiger partial charge in [-0.05, 0) is 94.2 Å². The number of nitrogens with two attached hydrogens (primary N) is 1. The number of aryl methyl sites for hydroxylation is 1. The number of hydrogen-bond acceptors (Lipinski definition) is 6. The van der Waals surface area contributed by atoms with Crippen molar-refractivity contribution in [2.24, 2.45) is 11.8 Å². The van der Waals surface area contributed by atoms with Gasteiger partial charge in [0.05, 0.1) is 11.4 Å². The van der Waals surface area contributed by atoms with Crippen LogP contribution in [0.25, 0.3) is 6.08 Å². The van der Waals surface area contributed by atoms with Crippen LogP contribution >= 0.6 is 11.3 Å². The Morgan fingerprint density at radius 3 is 2.76 bits per heavy atom. The number of thiazole rings is 1. The zero-order valence-corrected chi connectivity index (χ0v) is 20.7. The van der Waals surface area contributed by atoms with Crippen LogP contribution in [0.4, 0.5) is 5.13 Å². The Bertz CT molecular complexity index is 917. The van der Waals surface area contributed by atoms with Crippen LogP contribution in [0.3, 0.4) is 0 Å². The molecule has 2 aromatic heterocycles. The molecule has 33 heavy (non-hydrogen) atoms. The van der Waals surface area contributed by atoms with Crippen molar-refractivity contribution in [1.82, 2.24) is 14.9 Å². The van der Waals surface area contributed by atoms with E-state index in [0.29, 0.717) is 18.4 Å². The third kappa shape index (κ3) is 6.97. The molecule has 1 atom stereocenters. The summed E-state index contributed by atoms with van der Waals surface area (Å²) in [4.78, 5) is 25.3. The lowest BCUT2D eigenvalue weighted by atomic mass is 9.78. The minimum atomic E-state index is 0.235. The summed E-state index contributed by atoms with van der Waals surface area (Å²) in [6, 6.07) is 6.40. The highest BCUT2D eigenvalue weighted by Crippen LogP contribution is 2.34. The van der Waals surface area contributed by atoms with Gasteiger partial charge in [0.2, 0.25) is 0 Å². The first-order valence-corrected chi connectivity index (χ1v) is 13.5. The Kier molecular flexibility index (Phi) is 8.68. The number of pyridine rings is 1. The molecule has 0 amide bonds. The lowest BCUT2D eigenvalue weighted by Crippen LogP contribution is -2.41. The summed E-state index contributed by atoms with van der Waals surface area (Å²) >= 11 is 1.69. The van der Waals surface area contributed by atoms with E-state index in [1.54, 1.807) is 23.6 Å². The number of fused-ring (bicyclic) bond motifs is 1. The molecule has 1 fully saturated rings. The van der Waals surface area contributed by atoms with Crippen molar-refractivity contribution in [3.63, 3.8) is 0 Å². The molecule has 1 saturated carbocycles. The maximum Gasteiger partial charge on any atom is 0.180 e. The van der Waals surface area contributed by atoms with Crippen molar-refractivity contribution in [2.75, 3.05) is 18.8 Å². The van der Waals surface area contributed by atoms with E-state index in [1.807, 2.05) is 24.3 Å². The maximum atomic E-state index is 12.4. The summed E-state index contributed by atoms with van der Waals surface area (Å²) in [5, 5.41) is 0.727. The first-order valence-electron chi connectivity index (χ1n) is 12.7. The molecule has 6 heteroatoms. The number of allylic oxidation sites excluding steroid dienone is 1. The topological polar surface area (TPSA) is 72.1 Å². The highest BCUT2D eigenvalue weighted by Gasteiger charge is 2.28. The number of rotatable bonds is 10. The molecule has 178 valence electrons. The SMILES string of the molecule is CCCN(CCC1CCC(CC(=O)/C=C/c2ccccn2)CC1)[C@H]1CCc2nc(N)sc2C1. The van der Waals surface area contributed by atoms with Crippen LogP contribution in [0.2, 0.25) is 0 Å². The molecule has 2 aliphatic rings. The Morgan fingerprint density at radius 2 is 2.00 bits per heavy atom. The van der Waals surface area contributed by atoms with Gasteiger partial charge in [0, 0.05) is 23.5 Å². The van der Waals surface area contributed by atoms with Crippen LogP contribution < -0.4 is 5.73 Å². The number of ketones is 1. The molecular formula is C27H38N4OS. The third-order valence-corrected chi connectivity index (χ3v) is 8.32. The summed E-state index contributed by atoms with van der Waals surface area (Å²) in [5.74, 6) is 1.58. The Labute approximate surface area is 202 Å². The number of anilines is 1. The molecule has 4 rings (SSSR count). The van der Waals surface area contributed by atoms with Gasteiger partial charge in [-0.1, -0.05) is 25.8 Å². The van der Waals surface area contributed by atoms with Crippen LogP contribution in [0.1, 0.15) is 74.6 Å². The van der Waals surface area contributed by atoms with E-state index in [-0.39, 0.29) is 5.78 Å². The molecule has 2 heterocycles. The van der Waals surface area contributed by atoms with E-state index in [0.717, 1.165) is 29.6 Å². The summed E-state index contributed by atoms with van der Waals surface area (Å²) in [6.45, 7) is 4.67. The van der Waals surface area contributed by atoms with Crippen LogP contribution in [0, 0.1) is 11.8 Å². The predicted molar refractivity (Wildman–Crippen MR) is 137 cm³/mol. The normalized spacial score (nSPS) is 23.2. The smallest absolute Gasteiger partial charge is 0.180 e. The molecule has 0 aromatic carbocycles. The van der Waals surface area contributed by atoms with Gasteiger partial charge >= 0.3 is 0 Å². The van der Waals surface area contributed by atoms with E-state index >= 15 is 0 Å². The number of hydrogen-bond donors (Lipinski definition) is 1. The number of carbonyl (C=O) groups excluding carboxylic acids is 1. The first kappa shape index (κ1) is 24.1. The Morgan fingerprint density at radius 1 is 1.18 bits per heavy atom. The van der Waals surface area contributed by atoms with Gasteiger partial charge in [0.1, 0.15) is 0 Å². The van der Waals surface area contributed by atoms with E-state index in [1.165, 1.54) is 68.6 Å². The predicted octanol–water partition coefficient (Wildman–Crippen LogP) is 5.56. The number of aromatic nitrogens is 2. The summed E-state index contributed by atoms with van der Waals surface area (Å²) in [7, 11) is 0. The van der Waals surface area contributed by atoms with Crippen LogP contribution in [0.5, 0.6) is 0 Å². The average molecular weight is 467 g/mol. The van der Waals surface area contributed by atoms with Crippen molar-refractivity contribution in [3.05, 3.63) is 46.7 Å². The zero-order valence-electron chi connectivity index (χ0n) is 19.9. The number of carbonyl (C=O) groups is 1. The third-order valence-electron chi connectivity index (χ3n) is 7.37. The summed E-state index contributed by atoms with van der Waals surface area (Å²) < 4.78 is 0.